The molecule has 0 fully saturated rings. The first-order valence-electron chi connectivity index (χ1n) is 5.82. The Balaban J connectivity index is 2.14. The molecule has 1 N–H and O–H groups in total. The number of benzene rings is 1. The maximum atomic E-state index is 11.6. The first-order chi connectivity index (χ1) is 8.56. The molecule has 1 aromatic heterocycles. The number of hydrogen-bond acceptors (Lipinski definition) is 3. The van der Waals surface area contributed by atoms with Gasteiger partial charge in [0.15, 0.2) is 5.16 Å². The molecule has 0 aliphatic heterocycles. The van der Waals surface area contributed by atoms with Gasteiger partial charge in [-0.3, -0.25) is 4.79 Å². The van der Waals surface area contributed by atoms with E-state index >= 15 is 0 Å². The standard InChI is InChI=1S/C14H16N2OS/c1-9-5-4-6-12(7-9)8-18-14-15-11(3)10(2)13(17)16-14/h4-7H,8H2,1-3H3,(H,15,16,17). The molecule has 0 spiro atoms. The third-order valence-electron chi connectivity index (χ3n) is 2.83. The van der Waals surface area contributed by atoms with Gasteiger partial charge in [-0.15, -0.1) is 0 Å². The maximum Gasteiger partial charge on any atom is 0.254 e. The van der Waals surface area contributed by atoms with Crippen LogP contribution in [-0.4, -0.2) is 9.97 Å². The van der Waals surface area contributed by atoms with E-state index in [0.717, 1.165) is 11.4 Å². The average Bonchev–Trinajstić information content (AvgIpc) is 2.33. The molecule has 0 amide bonds. The Labute approximate surface area is 111 Å². The van der Waals surface area contributed by atoms with E-state index in [0.29, 0.717) is 10.7 Å². The highest BCUT2D eigenvalue weighted by atomic mass is 32.2. The van der Waals surface area contributed by atoms with Crippen LogP contribution in [0, 0.1) is 20.8 Å². The second kappa shape index (κ2) is 5.40. The molecule has 2 rings (SSSR count). The van der Waals surface area contributed by atoms with Crippen LogP contribution in [0.4, 0.5) is 0 Å². The summed E-state index contributed by atoms with van der Waals surface area (Å²) in [5.74, 6) is 0.813. The molecule has 0 bridgehead atoms. The van der Waals surface area contributed by atoms with Crippen molar-refractivity contribution in [3.63, 3.8) is 0 Å². The minimum Gasteiger partial charge on any atom is -0.301 e. The molecule has 1 aromatic carbocycles. The molecule has 0 atom stereocenters. The number of hydrogen-bond donors (Lipinski definition) is 1. The molecule has 3 nitrogen and oxygen atoms in total. The predicted octanol–water partition coefficient (Wildman–Crippen LogP) is 2.99. The molecular weight excluding hydrogens is 244 g/mol. The van der Waals surface area contributed by atoms with Crippen molar-refractivity contribution in [1.29, 1.82) is 0 Å². The summed E-state index contributed by atoms with van der Waals surface area (Å²) in [6.07, 6.45) is 0. The van der Waals surface area contributed by atoms with E-state index in [2.05, 4.69) is 35.1 Å². The number of aryl methyl sites for hydroxylation is 2. The lowest BCUT2D eigenvalue weighted by molar-refractivity contribution is 0.883. The fraction of sp³-hybridized carbons (Fsp3) is 0.286. The van der Waals surface area contributed by atoms with E-state index in [1.54, 1.807) is 18.7 Å². The summed E-state index contributed by atoms with van der Waals surface area (Å²) in [7, 11) is 0. The predicted molar refractivity (Wildman–Crippen MR) is 75.1 cm³/mol. The fourth-order valence-corrected chi connectivity index (χ4v) is 2.49. The van der Waals surface area contributed by atoms with Crippen molar-refractivity contribution in [1.82, 2.24) is 9.97 Å². The van der Waals surface area contributed by atoms with Gasteiger partial charge in [-0.2, -0.15) is 0 Å². The van der Waals surface area contributed by atoms with Crippen molar-refractivity contribution in [2.24, 2.45) is 0 Å². The smallest absolute Gasteiger partial charge is 0.254 e. The minimum absolute atomic E-state index is 0.0470. The lowest BCUT2D eigenvalue weighted by atomic mass is 10.2. The van der Waals surface area contributed by atoms with Crippen LogP contribution in [0.25, 0.3) is 0 Å². The van der Waals surface area contributed by atoms with E-state index in [9.17, 15) is 4.79 Å². The van der Waals surface area contributed by atoms with Crippen LogP contribution >= 0.6 is 11.8 Å². The Hall–Kier alpha value is -1.55. The number of H-pyrrole nitrogens is 1. The van der Waals surface area contributed by atoms with Crippen LogP contribution in [0.3, 0.4) is 0 Å². The van der Waals surface area contributed by atoms with Gasteiger partial charge >= 0.3 is 0 Å². The number of rotatable bonds is 3. The Bertz CT molecular complexity index is 619. The third kappa shape index (κ3) is 3.01. The van der Waals surface area contributed by atoms with Crippen molar-refractivity contribution in [2.45, 2.75) is 31.7 Å². The van der Waals surface area contributed by atoms with E-state index in [4.69, 9.17) is 0 Å². The highest BCUT2D eigenvalue weighted by Gasteiger charge is 2.04. The zero-order chi connectivity index (χ0) is 13.1. The monoisotopic (exact) mass is 260 g/mol. The lowest BCUT2D eigenvalue weighted by Gasteiger charge is -2.04. The first-order valence-corrected chi connectivity index (χ1v) is 6.80. The van der Waals surface area contributed by atoms with Gasteiger partial charge in [-0.1, -0.05) is 41.6 Å². The van der Waals surface area contributed by atoms with Gasteiger partial charge in [-0.05, 0) is 26.3 Å². The molecule has 94 valence electrons. The summed E-state index contributed by atoms with van der Waals surface area (Å²) in [6.45, 7) is 5.72. The number of nitrogens with zero attached hydrogens (tertiary/aromatic N) is 1. The molecular formula is C14H16N2OS. The molecule has 0 radical (unpaired) electrons. The van der Waals surface area contributed by atoms with Crippen LogP contribution in [0.15, 0.2) is 34.2 Å². The van der Waals surface area contributed by atoms with Crippen molar-refractivity contribution in [2.75, 3.05) is 0 Å². The molecule has 0 unspecified atom stereocenters. The van der Waals surface area contributed by atoms with Gasteiger partial charge in [0.25, 0.3) is 5.56 Å². The summed E-state index contributed by atoms with van der Waals surface area (Å²) < 4.78 is 0. The molecule has 0 aliphatic rings. The SMILES string of the molecule is Cc1cccc(CSc2nc(C)c(C)c(=O)[nH]2)c1. The quantitative estimate of drug-likeness (QED) is 0.681. The molecule has 0 saturated carbocycles. The van der Waals surface area contributed by atoms with Gasteiger partial charge < -0.3 is 4.98 Å². The van der Waals surface area contributed by atoms with Crippen molar-refractivity contribution in [3.05, 3.63) is 57.0 Å². The normalized spacial score (nSPS) is 10.6. The second-order valence-corrected chi connectivity index (χ2v) is 5.32. The molecule has 4 heteroatoms. The zero-order valence-corrected chi connectivity index (χ0v) is 11.6. The minimum atomic E-state index is -0.0470. The van der Waals surface area contributed by atoms with Gasteiger partial charge in [0.1, 0.15) is 0 Å². The Morgan fingerprint density at radius 3 is 2.72 bits per heavy atom. The van der Waals surface area contributed by atoms with E-state index in [-0.39, 0.29) is 5.56 Å². The van der Waals surface area contributed by atoms with Crippen molar-refractivity contribution in [3.8, 4) is 0 Å². The molecule has 0 aliphatic carbocycles. The van der Waals surface area contributed by atoms with Gasteiger partial charge in [-0.25, -0.2) is 4.98 Å². The third-order valence-corrected chi connectivity index (χ3v) is 3.78. The van der Waals surface area contributed by atoms with Crippen LogP contribution < -0.4 is 5.56 Å². The number of aromatic nitrogens is 2. The maximum absolute atomic E-state index is 11.6. The number of thioether (sulfide) groups is 1. The zero-order valence-electron chi connectivity index (χ0n) is 10.8. The fourth-order valence-electron chi connectivity index (χ4n) is 1.64. The van der Waals surface area contributed by atoms with Crippen molar-refractivity contribution >= 4 is 11.8 Å². The van der Waals surface area contributed by atoms with E-state index < -0.39 is 0 Å². The number of aromatic amines is 1. The summed E-state index contributed by atoms with van der Waals surface area (Å²) in [5, 5.41) is 0.685. The Morgan fingerprint density at radius 2 is 2.06 bits per heavy atom. The lowest BCUT2D eigenvalue weighted by Crippen LogP contribution is -2.14. The van der Waals surface area contributed by atoms with Crippen LogP contribution in [-0.2, 0) is 5.75 Å². The number of nitrogens with one attached hydrogen (secondary N) is 1. The van der Waals surface area contributed by atoms with Crippen LogP contribution in [0.2, 0.25) is 0 Å². The highest BCUT2D eigenvalue weighted by Crippen LogP contribution is 2.19. The summed E-state index contributed by atoms with van der Waals surface area (Å²) >= 11 is 1.55. The van der Waals surface area contributed by atoms with Crippen molar-refractivity contribution < 1.29 is 0 Å². The van der Waals surface area contributed by atoms with Gasteiger partial charge in [0.05, 0.1) is 0 Å². The molecule has 18 heavy (non-hydrogen) atoms. The second-order valence-electron chi connectivity index (χ2n) is 4.36. The molecule has 0 saturated heterocycles. The first kappa shape index (κ1) is 12.9. The summed E-state index contributed by atoms with van der Waals surface area (Å²) in [5.41, 5.74) is 3.92. The van der Waals surface area contributed by atoms with E-state index in [1.165, 1.54) is 11.1 Å². The highest BCUT2D eigenvalue weighted by molar-refractivity contribution is 7.98. The molecule has 1 heterocycles. The van der Waals surface area contributed by atoms with Gasteiger partial charge in [0.2, 0.25) is 0 Å². The molecule has 2 aromatic rings. The largest absolute Gasteiger partial charge is 0.301 e. The topological polar surface area (TPSA) is 45.8 Å². The van der Waals surface area contributed by atoms with Crippen LogP contribution in [0.1, 0.15) is 22.4 Å². The Morgan fingerprint density at radius 1 is 1.28 bits per heavy atom. The summed E-state index contributed by atoms with van der Waals surface area (Å²) in [4.78, 5) is 18.8. The average molecular weight is 260 g/mol. The van der Waals surface area contributed by atoms with Gasteiger partial charge in [0, 0.05) is 17.0 Å². The van der Waals surface area contributed by atoms with E-state index in [1.807, 2.05) is 13.0 Å². The summed E-state index contributed by atoms with van der Waals surface area (Å²) in [6, 6.07) is 8.34. The Kier molecular flexibility index (Phi) is 3.87. The van der Waals surface area contributed by atoms with Crippen LogP contribution in [0.5, 0.6) is 0 Å².